The van der Waals surface area contributed by atoms with Crippen molar-refractivity contribution < 1.29 is 0 Å². The van der Waals surface area contributed by atoms with Gasteiger partial charge in [0.2, 0.25) is 0 Å². The van der Waals surface area contributed by atoms with Crippen LogP contribution in [0.4, 0.5) is 0 Å². The van der Waals surface area contributed by atoms with Crippen molar-refractivity contribution in [1.82, 2.24) is 10.3 Å². The van der Waals surface area contributed by atoms with E-state index in [9.17, 15) is 0 Å². The Balaban J connectivity index is 2.13. The SMILES string of the molecule is CCSC1=NC(C)(C)C=C(C=Cc2cccnc2)N1. The van der Waals surface area contributed by atoms with Crippen molar-refractivity contribution in [2.45, 2.75) is 26.3 Å². The van der Waals surface area contributed by atoms with Crippen LogP contribution in [0.1, 0.15) is 26.3 Å². The van der Waals surface area contributed by atoms with E-state index >= 15 is 0 Å². The third-order valence-electron chi connectivity index (χ3n) is 2.57. The molecule has 0 saturated heterocycles. The van der Waals surface area contributed by atoms with Crippen molar-refractivity contribution in [3.63, 3.8) is 0 Å². The molecule has 0 amide bonds. The highest BCUT2D eigenvalue weighted by molar-refractivity contribution is 8.13. The van der Waals surface area contributed by atoms with Gasteiger partial charge in [0.1, 0.15) is 0 Å². The van der Waals surface area contributed by atoms with Crippen LogP contribution in [0.25, 0.3) is 6.08 Å². The molecule has 1 aromatic heterocycles. The number of allylic oxidation sites excluding steroid dienone is 1. The lowest BCUT2D eigenvalue weighted by atomic mass is 10.0. The van der Waals surface area contributed by atoms with Gasteiger partial charge in [-0.1, -0.05) is 30.8 Å². The van der Waals surface area contributed by atoms with E-state index in [1.54, 1.807) is 18.0 Å². The number of rotatable bonds is 3. The van der Waals surface area contributed by atoms with Crippen LogP contribution in [0, 0.1) is 0 Å². The Bertz CT molecular complexity index is 515. The number of hydrogen-bond donors (Lipinski definition) is 1. The summed E-state index contributed by atoms with van der Waals surface area (Å²) in [7, 11) is 0. The number of nitrogens with zero attached hydrogens (tertiary/aromatic N) is 2. The highest BCUT2D eigenvalue weighted by Gasteiger charge is 2.20. The third-order valence-corrected chi connectivity index (χ3v) is 3.33. The number of nitrogens with one attached hydrogen (secondary N) is 1. The monoisotopic (exact) mass is 273 g/mol. The minimum absolute atomic E-state index is 0.155. The Kier molecular flexibility index (Phi) is 4.43. The first-order valence-electron chi connectivity index (χ1n) is 6.40. The molecule has 0 aliphatic carbocycles. The van der Waals surface area contributed by atoms with Gasteiger partial charge in [-0.15, -0.1) is 0 Å². The normalized spacial score (nSPS) is 17.8. The van der Waals surface area contributed by atoms with Gasteiger partial charge < -0.3 is 5.32 Å². The van der Waals surface area contributed by atoms with Gasteiger partial charge in [-0.25, -0.2) is 0 Å². The molecule has 100 valence electrons. The quantitative estimate of drug-likeness (QED) is 0.916. The summed E-state index contributed by atoms with van der Waals surface area (Å²) in [4.78, 5) is 8.76. The summed E-state index contributed by atoms with van der Waals surface area (Å²) in [6.07, 6.45) is 9.90. The number of amidine groups is 1. The molecular formula is C15H19N3S. The van der Waals surface area contributed by atoms with Gasteiger partial charge >= 0.3 is 0 Å². The molecule has 1 aliphatic heterocycles. The largest absolute Gasteiger partial charge is 0.335 e. The van der Waals surface area contributed by atoms with Gasteiger partial charge in [0.05, 0.1) is 5.54 Å². The molecule has 0 atom stereocenters. The van der Waals surface area contributed by atoms with Gasteiger partial charge in [-0.3, -0.25) is 9.98 Å². The van der Waals surface area contributed by atoms with Crippen LogP contribution in [-0.2, 0) is 0 Å². The van der Waals surface area contributed by atoms with Crippen LogP contribution in [-0.4, -0.2) is 21.4 Å². The molecule has 3 nitrogen and oxygen atoms in total. The number of aliphatic imine (C=N–C) groups is 1. The second-order valence-electron chi connectivity index (χ2n) is 4.85. The molecule has 1 aromatic rings. The molecule has 0 aromatic carbocycles. The Labute approximate surface area is 118 Å². The Morgan fingerprint density at radius 3 is 2.89 bits per heavy atom. The zero-order valence-electron chi connectivity index (χ0n) is 11.6. The van der Waals surface area contributed by atoms with Gasteiger partial charge in [0.25, 0.3) is 0 Å². The van der Waals surface area contributed by atoms with Crippen LogP contribution in [0.15, 0.2) is 47.4 Å². The smallest absolute Gasteiger partial charge is 0.161 e. The molecule has 0 saturated carbocycles. The molecule has 0 unspecified atom stereocenters. The van der Waals surface area contributed by atoms with E-state index in [2.05, 4.69) is 54.3 Å². The van der Waals surface area contributed by atoms with Crippen molar-refractivity contribution >= 4 is 23.0 Å². The zero-order valence-corrected chi connectivity index (χ0v) is 12.4. The number of hydrogen-bond acceptors (Lipinski definition) is 4. The summed E-state index contributed by atoms with van der Waals surface area (Å²) in [6, 6.07) is 3.97. The van der Waals surface area contributed by atoms with Crippen LogP contribution < -0.4 is 5.32 Å². The Hall–Kier alpha value is -1.55. The minimum Gasteiger partial charge on any atom is -0.335 e. The molecule has 0 spiro atoms. The number of aromatic nitrogens is 1. The average molecular weight is 273 g/mol. The maximum absolute atomic E-state index is 4.66. The molecule has 1 N–H and O–H groups in total. The van der Waals surface area contributed by atoms with Crippen LogP contribution in [0.5, 0.6) is 0 Å². The molecule has 0 bridgehead atoms. The third kappa shape index (κ3) is 4.24. The van der Waals surface area contributed by atoms with Crippen molar-refractivity contribution in [2.75, 3.05) is 5.75 Å². The molecule has 2 rings (SSSR count). The summed E-state index contributed by atoms with van der Waals surface area (Å²) in [5.74, 6) is 1.02. The predicted octanol–water partition coefficient (Wildman–Crippen LogP) is 3.47. The summed E-state index contributed by atoms with van der Waals surface area (Å²) >= 11 is 1.73. The molecule has 1 aliphatic rings. The van der Waals surface area contributed by atoms with E-state index in [0.717, 1.165) is 22.2 Å². The summed E-state index contributed by atoms with van der Waals surface area (Å²) in [5.41, 5.74) is 2.02. The first-order valence-corrected chi connectivity index (χ1v) is 7.38. The highest BCUT2D eigenvalue weighted by Crippen LogP contribution is 2.21. The zero-order chi connectivity index (χ0) is 13.7. The van der Waals surface area contributed by atoms with Crippen molar-refractivity contribution in [1.29, 1.82) is 0 Å². The molecule has 19 heavy (non-hydrogen) atoms. The average Bonchev–Trinajstić information content (AvgIpc) is 2.36. The van der Waals surface area contributed by atoms with Gasteiger partial charge in [0, 0.05) is 18.1 Å². The summed E-state index contributed by atoms with van der Waals surface area (Å²) < 4.78 is 0. The maximum Gasteiger partial charge on any atom is 0.161 e. The van der Waals surface area contributed by atoms with Crippen molar-refractivity contribution in [3.05, 3.63) is 47.9 Å². The highest BCUT2D eigenvalue weighted by atomic mass is 32.2. The van der Waals surface area contributed by atoms with E-state index in [-0.39, 0.29) is 5.54 Å². The van der Waals surface area contributed by atoms with Gasteiger partial charge in [-0.2, -0.15) is 0 Å². The van der Waals surface area contributed by atoms with E-state index in [1.165, 1.54) is 0 Å². The Morgan fingerprint density at radius 2 is 2.21 bits per heavy atom. The van der Waals surface area contributed by atoms with Crippen molar-refractivity contribution in [2.24, 2.45) is 4.99 Å². The topological polar surface area (TPSA) is 37.3 Å². The van der Waals surface area contributed by atoms with Gasteiger partial charge in [-0.05, 0) is 43.4 Å². The van der Waals surface area contributed by atoms with E-state index in [0.29, 0.717) is 0 Å². The van der Waals surface area contributed by atoms with E-state index in [4.69, 9.17) is 0 Å². The minimum atomic E-state index is -0.155. The first kappa shape index (κ1) is 13.9. The molecule has 0 fully saturated rings. The second kappa shape index (κ2) is 6.06. The fourth-order valence-electron chi connectivity index (χ4n) is 1.82. The van der Waals surface area contributed by atoms with Crippen LogP contribution in [0.2, 0.25) is 0 Å². The maximum atomic E-state index is 4.66. The molecule has 4 heteroatoms. The molecular weight excluding hydrogens is 254 g/mol. The number of thioether (sulfide) groups is 1. The molecule has 2 heterocycles. The first-order chi connectivity index (χ1) is 9.09. The second-order valence-corrected chi connectivity index (χ2v) is 6.10. The van der Waals surface area contributed by atoms with Crippen LogP contribution in [0.3, 0.4) is 0 Å². The van der Waals surface area contributed by atoms with Crippen LogP contribution >= 0.6 is 11.8 Å². The predicted molar refractivity (Wildman–Crippen MR) is 84.1 cm³/mol. The van der Waals surface area contributed by atoms with Crippen molar-refractivity contribution in [3.8, 4) is 0 Å². The fourth-order valence-corrected chi connectivity index (χ4v) is 2.58. The number of pyridine rings is 1. The lowest BCUT2D eigenvalue weighted by Crippen LogP contribution is -2.31. The standard InChI is InChI=1S/C15H19N3S/c1-4-19-14-17-13(10-15(2,3)18-14)8-7-12-6-5-9-16-11-12/h5-11H,4H2,1-3H3,(H,17,18). The fraction of sp³-hybridized carbons (Fsp3) is 0.333. The molecule has 0 radical (unpaired) electrons. The van der Waals surface area contributed by atoms with Gasteiger partial charge in [0.15, 0.2) is 5.17 Å². The van der Waals surface area contributed by atoms with E-state index in [1.807, 2.05) is 18.3 Å². The lowest BCUT2D eigenvalue weighted by molar-refractivity contribution is 0.639. The van der Waals surface area contributed by atoms with E-state index < -0.39 is 0 Å². The summed E-state index contributed by atoms with van der Waals surface area (Å²) in [5, 5.41) is 4.33. The lowest BCUT2D eigenvalue weighted by Gasteiger charge is -2.25. The summed E-state index contributed by atoms with van der Waals surface area (Å²) in [6.45, 7) is 6.36. The Morgan fingerprint density at radius 1 is 1.37 bits per heavy atom.